The predicted octanol–water partition coefficient (Wildman–Crippen LogP) is -2.81. The summed E-state index contributed by atoms with van der Waals surface area (Å²) in [5, 5.41) is 10.9. The number of epoxide rings is 3. The molecule has 1 unspecified atom stereocenters. The van der Waals surface area contributed by atoms with Gasteiger partial charge in [-0.25, -0.2) is 4.79 Å². The van der Waals surface area contributed by atoms with Gasteiger partial charge in [-0.3, -0.25) is 4.79 Å². The Morgan fingerprint density at radius 2 is 1.94 bits per heavy atom. The van der Waals surface area contributed by atoms with Crippen molar-refractivity contribution in [3.8, 4) is 0 Å². The van der Waals surface area contributed by atoms with Crippen LogP contribution in [0.15, 0.2) is 11.1 Å². The van der Waals surface area contributed by atoms with E-state index < -0.39 is 41.3 Å². The van der Waals surface area contributed by atoms with E-state index in [-0.39, 0.29) is 77.5 Å². The van der Waals surface area contributed by atoms with E-state index in [2.05, 4.69) is 6.92 Å². The SMILES string of the molecule is CC(C)[C@]12O[C@H]1[C@@H]1O[C@@]13[C@@]1(C)CCC4=C(COC4=O)[C@@H]1C[C@@H]1O[C@@]13C2OC(=O)CCC(=O)[O-].[Na+]. The van der Waals surface area contributed by atoms with E-state index in [1.54, 1.807) is 0 Å². The zero-order valence-electron chi connectivity index (χ0n) is 19.9. The quantitative estimate of drug-likeness (QED) is 0.232. The van der Waals surface area contributed by atoms with Crippen LogP contribution >= 0.6 is 0 Å². The number of cyclic esters (lactones) is 1. The Balaban J connectivity index is 0.00000217. The number of hydrogen-bond donors (Lipinski definition) is 0. The third-order valence-electron chi connectivity index (χ3n) is 9.85. The van der Waals surface area contributed by atoms with Crippen LogP contribution in [0.3, 0.4) is 0 Å². The van der Waals surface area contributed by atoms with Crippen LogP contribution in [0.5, 0.6) is 0 Å². The number of hydrogen-bond acceptors (Lipinski definition) is 9. The van der Waals surface area contributed by atoms with Gasteiger partial charge in [0, 0.05) is 17.0 Å². The van der Waals surface area contributed by atoms with Crippen molar-refractivity contribution in [1.29, 1.82) is 0 Å². The first-order valence-corrected chi connectivity index (χ1v) is 12.0. The third kappa shape index (κ3) is 2.40. The van der Waals surface area contributed by atoms with Gasteiger partial charge in [-0.15, -0.1) is 0 Å². The maximum Gasteiger partial charge on any atom is 1.00 e. The Hall–Kier alpha value is -0.970. The molecule has 2 saturated carbocycles. The number of esters is 2. The standard InChI is InChI=1S/C24H28O9.Na/c1-10(2)22-17(32-22)18-24(33-18)21(3)7-6-11-12(9-29-19(11)28)13(21)8-14-23(24,31-14)20(22)30-16(27)5-4-15(25)26;/h10,13-14,17-18,20H,4-9H2,1-3H3,(H,25,26);/q;+1/p-1/t13-,14-,17-,18-,20?,21-,22-,23+,24+;/m0./s1. The van der Waals surface area contributed by atoms with Crippen LogP contribution in [0.2, 0.25) is 0 Å². The van der Waals surface area contributed by atoms with Gasteiger partial charge < -0.3 is 33.6 Å². The molecule has 4 aliphatic heterocycles. The zero-order valence-corrected chi connectivity index (χ0v) is 21.9. The van der Waals surface area contributed by atoms with E-state index in [9.17, 15) is 19.5 Å². The van der Waals surface area contributed by atoms with Gasteiger partial charge in [-0.2, -0.15) is 0 Å². The molecule has 178 valence electrons. The Bertz CT molecular complexity index is 1060. The average molecular weight is 482 g/mol. The molecule has 34 heavy (non-hydrogen) atoms. The Morgan fingerprint density at radius 3 is 2.65 bits per heavy atom. The Morgan fingerprint density at radius 1 is 1.18 bits per heavy atom. The molecule has 0 bridgehead atoms. The molecule has 7 aliphatic rings. The molecule has 9 atom stereocenters. The van der Waals surface area contributed by atoms with E-state index in [0.717, 1.165) is 17.6 Å². The Kier molecular flexibility index (Phi) is 4.73. The summed E-state index contributed by atoms with van der Waals surface area (Å²) in [6, 6.07) is 0. The molecule has 0 aromatic heterocycles. The van der Waals surface area contributed by atoms with Crippen molar-refractivity contribution in [3.05, 3.63) is 11.1 Å². The largest absolute Gasteiger partial charge is 1.00 e. The van der Waals surface area contributed by atoms with Crippen LogP contribution in [0.1, 0.15) is 52.9 Å². The summed E-state index contributed by atoms with van der Waals surface area (Å²) in [6.07, 6.45) is 0.210. The first-order valence-electron chi connectivity index (χ1n) is 12.0. The number of carbonyl (C=O) groups excluding carboxylic acids is 3. The van der Waals surface area contributed by atoms with E-state index in [1.807, 2.05) is 13.8 Å². The van der Waals surface area contributed by atoms with E-state index in [0.29, 0.717) is 19.4 Å². The molecule has 3 aliphatic carbocycles. The number of fused-ring (bicyclic) bond motifs is 4. The molecule has 0 aromatic rings. The number of carbonyl (C=O) groups is 3. The molecule has 0 radical (unpaired) electrons. The molecule has 2 spiro atoms. The van der Waals surface area contributed by atoms with Crippen molar-refractivity contribution in [1.82, 2.24) is 0 Å². The minimum absolute atomic E-state index is 0. The summed E-state index contributed by atoms with van der Waals surface area (Å²) in [6.45, 7) is 6.62. The minimum Gasteiger partial charge on any atom is -0.550 e. The number of aliphatic carboxylic acids is 1. The van der Waals surface area contributed by atoms with Crippen LogP contribution in [-0.4, -0.2) is 65.7 Å². The molecule has 5 fully saturated rings. The minimum atomic E-state index is -1.29. The fourth-order valence-corrected chi connectivity index (χ4v) is 8.24. The topological polar surface area (TPSA) is 130 Å². The molecule has 0 N–H and O–H groups in total. The molecule has 4 heterocycles. The van der Waals surface area contributed by atoms with E-state index in [4.69, 9.17) is 23.7 Å². The van der Waals surface area contributed by atoms with Crippen molar-refractivity contribution < 1.29 is 72.7 Å². The number of carboxylic acids is 1. The summed E-state index contributed by atoms with van der Waals surface area (Å²) in [5.74, 6) is -1.94. The molecular weight excluding hydrogens is 455 g/mol. The second-order valence-corrected chi connectivity index (χ2v) is 11.2. The van der Waals surface area contributed by atoms with Crippen LogP contribution in [0, 0.1) is 17.3 Å². The second kappa shape index (κ2) is 6.86. The van der Waals surface area contributed by atoms with Crippen molar-refractivity contribution in [2.45, 2.75) is 94.1 Å². The van der Waals surface area contributed by atoms with Gasteiger partial charge in [0.1, 0.15) is 30.0 Å². The van der Waals surface area contributed by atoms with E-state index >= 15 is 0 Å². The van der Waals surface area contributed by atoms with Crippen molar-refractivity contribution in [3.63, 3.8) is 0 Å². The molecular formula is C24H27NaO9. The van der Waals surface area contributed by atoms with Crippen molar-refractivity contribution >= 4 is 17.9 Å². The summed E-state index contributed by atoms with van der Waals surface area (Å²) >= 11 is 0. The fraction of sp³-hybridized carbons (Fsp3) is 0.792. The van der Waals surface area contributed by atoms with Gasteiger partial charge in [-0.05, 0) is 43.1 Å². The van der Waals surface area contributed by atoms with Crippen LogP contribution in [-0.2, 0) is 38.1 Å². The second-order valence-electron chi connectivity index (χ2n) is 11.2. The van der Waals surface area contributed by atoms with Gasteiger partial charge >= 0.3 is 41.5 Å². The monoisotopic (exact) mass is 482 g/mol. The number of rotatable bonds is 5. The maximum atomic E-state index is 12.7. The van der Waals surface area contributed by atoms with Gasteiger partial charge in [-0.1, -0.05) is 20.8 Å². The summed E-state index contributed by atoms with van der Waals surface area (Å²) in [7, 11) is 0. The van der Waals surface area contributed by atoms with Crippen LogP contribution in [0.25, 0.3) is 0 Å². The van der Waals surface area contributed by atoms with Gasteiger partial charge in [0.2, 0.25) is 0 Å². The summed E-state index contributed by atoms with van der Waals surface area (Å²) in [4.78, 5) is 35.8. The van der Waals surface area contributed by atoms with Crippen molar-refractivity contribution in [2.24, 2.45) is 17.3 Å². The van der Waals surface area contributed by atoms with Gasteiger partial charge in [0.25, 0.3) is 0 Å². The van der Waals surface area contributed by atoms with Crippen LogP contribution in [0.4, 0.5) is 0 Å². The molecule has 0 amide bonds. The summed E-state index contributed by atoms with van der Waals surface area (Å²) in [5.41, 5.74) is -0.635. The first kappa shape index (κ1) is 23.4. The number of ether oxygens (including phenoxy) is 5. The zero-order chi connectivity index (χ0) is 23.1. The van der Waals surface area contributed by atoms with Crippen molar-refractivity contribution in [2.75, 3.05) is 6.61 Å². The van der Waals surface area contributed by atoms with E-state index in [1.165, 1.54) is 0 Å². The molecule has 3 saturated heterocycles. The third-order valence-corrected chi connectivity index (χ3v) is 9.85. The maximum absolute atomic E-state index is 12.7. The average Bonchev–Trinajstić information content (AvgIpc) is 3.65. The Labute approximate surface area is 219 Å². The predicted molar refractivity (Wildman–Crippen MR) is 105 cm³/mol. The summed E-state index contributed by atoms with van der Waals surface area (Å²) < 4.78 is 30.9. The smallest absolute Gasteiger partial charge is 0.550 e. The fourth-order valence-electron chi connectivity index (χ4n) is 8.24. The normalized spacial score (nSPS) is 50.4. The number of carboxylic acid groups (broad SMARTS) is 1. The van der Waals surface area contributed by atoms with Crippen LogP contribution < -0.4 is 34.7 Å². The molecule has 9 nitrogen and oxygen atoms in total. The van der Waals surface area contributed by atoms with Gasteiger partial charge in [0.05, 0.1) is 12.5 Å². The molecule has 7 rings (SSSR count). The molecule has 10 heteroatoms. The van der Waals surface area contributed by atoms with Gasteiger partial charge in [0.15, 0.2) is 11.7 Å². The molecule has 0 aromatic carbocycles. The first-order chi connectivity index (χ1) is 15.6.